The molecule has 1 aliphatic heterocycles. The van der Waals surface area contributed by atoms with Crippen LogP contribution < -0.4 is 5.73 Å². The van der Waals surface area contributed by atoms with Gasteiger partial charge in [-0.3, -0.25) is 0 Å². The van der Waals surface area contributed by atoms with Crippen LogP contribution in [0.25, 0.3) is 0 Å². The summed E-state index contributed by atoms with van der Waals surface area (Å²) in [6, 6.07) is 12.1. The molecule has 3 atom stereocenters. The number of benzene rings is 2. The van der Waals surface area contributed by atoms with Crippen LogP contribution >= 0.6 is 0 Å². The third kappa shape index (κ3) is 4.59. The molecule has 0 aromatic heterocycles. The highest BCUT2D eigenvalue weighted by atomic mass is 16.1. The smallest absolute Gasteiger partial charge is 0.235 e. The Hall–Kier alpha value is -3.50. The first kappa shape index (κ1) is 24.6. The van der Waals surface area contributed by atoms with Gasteiger partial charge in [0.05, 0.1) is 23.2 Å². The van der Waals surface area contributed by atoms with Gasteiger partial charge in [0.15, 0.2) is 0 Å². The fraction of sp³-hybridized carbons (Fsp3) is 0.429. The molecule has 7 heteroatoms. The van der Waals surface area contributed by atoms with Gasteiger partial charge in [-0.1, -0.05) is 36.4 Å². The molecule has 0 spiro atoms. The number of aliphatic imine (C=N–C) groups is 2. The van der Waals surface area contributed by atoms with E-state index >= 15 is 0 Å². The minimum atomic E-state index is -0.540. The van der Waals surface area contributed by atoms with E-state index in [4.69, 9.17) is 5.73 Å². The molecule has 1 aliphatic carbocycles. The van der Waals surface area contributed by atoms with Crippen molar-refractivity contribution in [2.45, 2.75) is 76.9 Å². The van der Waals surface area contributed by atoms with E-state index in [-0.39, 0.29) is 18.1 Å². The van der Waals surface area contributed by atoms with Crippen LogP contribution in [-0.4, -0.2) is 29.6 Å². The van der Waals surface area contributed by atoms with E-state index in [9.17, 15) is 9.59 Å². The predicted molar refractivity (Wildman–Crippen MR) is 138 cm³/mol. The van der Waals surface area contributed by atoms with Crippen molar-refractivity contribution < 1.29 is 9.59 Å². The third-order valence-electron chi connectivity index (χ3n) is 7.18. The summed E-state index contributed by atoms with van der Waals surface area (Å²) in [5.41, 5.74) is 14.6. The molecule has 0 saturated carbocycles. The van der Waals surface area contributed by atoms with Gasteiger partial charge < -0.3 is 5.73 Å². The van der Waals surface area contributed by atoms with Gasteiger partial charge >= 0.3 is 0 Å². The number of nitrogens with two attached hydrogens (primary N) is 1. The monoisotopic (exact) mass is 469 g/mol. The average Bonchev–Trinajstić information content (AvgIpc) is 3.22. The molecule has 2 unspecified atom stereocenters. The molecule has 0 amide bonds. The highest BCUT2D eigenvalue weighted by molar-refractivity contribution is 6.13. The minimum absolute atomic E-state index is 0.0890. The summed E-state index contributed by atoms with van der Waals surface area (Å²) < 4.78 is 0. The van der Waals surface area contributed by atoms with Crippen molar-refractivity contribution in [1.29, 1.82) is 0 Å². The van der Waals surface area contributed by atoms with Crippen molar-refractivity contribution in [3.63, 3.8) is 0 Å². The van der Waals surface area contributed by atoms with Crippen LogP contribution in [0.5, 0.6) is 0 Å². The SMILES string of the molecule is CC1=NN=C(C2(C[C@H](C)N)c3ccc(C(C)N=C=O)cc3CCc3cc(C(C)N=C=O)ccc32)C1. The quantitative estimate of drug-likeness (QED) is 0.463. The molecule has 7 nitrogen and oxygen atoms in total. The summed E-state index contributed by atoms with van der Waals surface area (Å²) in [7, 11) is 0. The van der Waals surface area contributed by atoms with Crippen LogP contribution in [0.1, 0.15) is 86.0 Å². The fourth-order valence-electron chi connectivity index (χ4n) is 5.54. The largest absolute Gasteiger partial charge is 0.328 e. The van der Waals surface area contributed by atoms with Gasteiger partial charge in [0.2, 0.25) is 12.2 Å². The van der Waals surface area contributed by atoms with Gasteiger partial charge in [-0.25, -0.2) is 9.59 Å². The Bertz CT molecular complexity index is 1220. The number of isocyanates is 2. The first-order valence-corrected chi connectivity index (χ1v) is 12.1. The zero-order chi connectivity index (χ0) is 25.2. The van der Waals surface area contributed by atoms with E-state index in [2.05, 4.69) is 44.5 Å². The molecule has 0 fully saturated rings. The first-order chi connectivity index (χ1) is 16.8. The summed E-state index contributed by atoms with van der Waals surface area (Å²) in [4.78, 5) is 29.6. The Morgan fingerprint density at radius 3 is 1.83 bits per heavy atom. The standard InChI is InChI=1S/C28H31N5O2/c1-17(29)14-28(27-11-18(2)32-33-27)25-9-7-21(19(3)30-15-34)12-23(25)5-6-24-13-22(8-10-26(24)28)20(4)31-16-35/h7-10,12-13,17,19-20H,5-6,11,14,29H2,1-4H3/t17-,19?,20?,28?/m0/s1. The lowest BCUT2D eigenvalue weighted by Gasteiger charge is -2.38. The lowest BCUT2D eigenvalue weighted by Crippen LogP contribution is -2.42. The summed E-state index contributed by atoms with van der Waals surface area (Å²) in [6.45, 7) is 7.82. The maximum absolute atomic E-state index is 10.9. The van der Waals surface area contributed by atoms with Crippen LogP contribution in [0, 0.1) is 0 Å². The Balaban J connectivity index is 1.99. The number of rotatable bonds is 7. The summed E-state index contributed by atoms with van der Waals surface area (Å²) >= 11 is 0. The van der Waals surface area contributed by atoms with E-state index in [1.807, 2.05) is 39.8 Å². The van der Waals surface area contributed by atoms with Gasteiger partial charge in [-0.2, -0.15) is 20.2 Å². The maximum Gasteiger partial charge on any atom is 0.235 e. The molecule has 0 radical (unpaired) electrons. The highest BCUT2D eigenvalue weighted by Gasteiger charge is 2.45. The molecule has 2 N–H and O–H groups in total. The van der Waals surface area contributed by atoms with Gasteiger partial charge in [0.1, 0.15) is 0 Å². The molecule has 0 saturated heterocycles. The fourth-order valence-corrected chi connectivity index (χ4v) is 5.54. The van der Waals surface area contributed by atoms with Crippen LogP contribution in [0.15, 0.2) is 56.6 Å². The predicted octanol–water partition coefficient (Wildman–Crippen LogP) is 4.82. The van der Waals surface area contributed by atoms with Crippen molar-refractivity contribution in [3.8, 4) is 0 Å². The van der Waals surface area contributed by atoms with Gasteiger partial charge in [0, 0.05) is 18.2 Å². The van der Waals surface area contributed by atoms with Gasteiger partial charge in [-0.15, -0.1) is 0 Å². The topological polar surface area (TPSA) is 110 Å². The Labute approximate surface area is 206 Å². The maximum atomic E-state index is 10.9. The lowest BCUT2D eigenvalue weighted by atomic mass is 9.64. The molecular formula is C28H31N5O2. The van der Waals surface area contributed by atoms with E-state index in [1.165, 1.54) is 22.3 Å². The molecule has 2 aliphatic rings. The minimum Gasteiger partial charge on any atom is -0.328 e. The second kappa shape index (κ2) is 10.0. The van der Waals surface area contributed by atoms with E-state index in [0.29, 0.717) is 12.8 Å². The molecule has 180 valence electrons. The molecule has 1 heterocycles. The number of carbonyl (C=O) groups excluding carboxylic acids is 2. The van der Waals surface area contributed by atoms with Crippen molar-refractivity contribution in [1.82, 2.24) is 0 Å². The Kier molecular flexibility index (Phi) is 7.04. The second-order valence-corrected chi connectivity index (χ2v) is 9.77. The van der Waals surface area contributed by atoms with Gasteiger partial charge in [0.25, 0.3) is 0 Å². The van der Waals surface area contributed by atoms with E-state index < -0.39 is 5.41 Å². The van der Waals surface area contributed by atoms with Crippen LogP contribution in [0.3, 0.4) is 0 Å². The van der Waals surface area contributed by atoms with E-state index in [0.717, 1.165) is 35.4 Å². The number of hydrogen-bond acceptors (Lipinski definition) is 7. The molecule has 4 rings (SSSR count). The molecule has 2 aromatic rings. The number of nitrogens with zero attached hydrogens (tertiary/aromatic N) is 4. The van der Waals surface area contributed by atoms with Crippen molar-refractivity contribution in [2.75, 3.05) is 0 Å². The highest BCUT2D eigenvalue weighted by Crippen LogP contribution is 2.47. The zero-order valence-electron chi connectivity index (χ0n) is 20.7. The van der Waals surface area contributed by atoms with E-state index in [1.54, 1.807) is 12.2 Å². The van der Waals surface area contributed by atoms with Crippen LogP contribution in [0.4, 0.5) is 0 Å². The number of fused-ring (bicyclic) bond motifs is 2. The molecule has 35 heavy (non-hydrogen) atoms. The first-order valence-electron chi connectivity index (χ1n) is 12.1. The Morgan fingerprint density at radius 1 is 0.914 bits per heavy atom. The molecular weight excluding hydrogens is 438 g/mol. The zero-order valence-corrected chi connectivity index (χ0v) is 20.7. The lowest BCUT2D eigenvalue weighted by molar-refractivity contribution is 0.535. The van der Waals surface area contributed by atoms with Crippen molar-refractivity contribution in [2.24, 2.45) is 25.9 Å². The Morgan fingerprint density at radius 2 is 1.43 bits per heavy atom. The van der Waals surface area contributed by atoms with Crippen molar-refractivity contribution in [3.05, 3.63) is 69.8 Å². The molecule has 0 bridgehead atoms. The van der Waals surface area contributed by atoms with Gasteiger partial charge in [-0.05, 0) is 80.3 Å². The summed E-state index contributed by atoms with van der Waals surface area (Å²) in [5, 5.41) is 9.10. The number of hydrogen-bond donors (Lipinski definition) is 1. The molecule has 2 aromatic carbocycles. The van der Waals surface area contributed by atoms with Crippen molar-refractivity contribution >= 4 is 23.6 Å². The van der Waals surface area contributed by atoms with Crippen LogP contribution in [0.2, 0.25) is 0 Å². The number of aryl methyl sites for hydroxylation is 2. The third-order valence-corrected chi connectivity index (χ3v) is 7.18. The average molecular weight is 470 g/mol. The second-order valence-electron chi connectivity index (χ2n) is 9.77. The summed E-state index contributed by atoms with van der Waals surface area (Å²) in [6.07, 6.45) is 6.36. The normalized spacial score (nSPS) is 21.2. The van der Waals surface area contributed by atoms with Crippen LogP contribution in [-0.2, 0) is 27.8 Å². The summed E-state index contributed by atoms with van der Waals surface area (Å²) in [5.74, 6) is 0.